The molecule has 2 N–H and O–H groups in total. The zero-order valence-electron chi connectivity index (χ0n) is 15.7. The summed E-state index contributed by atoms with van der Waals surface area (Å²) in [5, 5.41) is 3.38. The van der Waals surface area contributed by atoms with Crippen molar-refractivity contribution in [3.8, 4) is 0 Å². The predicted octanol–water partition coefficient (Wildman–Crippen LogP) is 0.249. The van der Waals surface area contributed by atoms with Crippen molar-refractivity contribution in [2.45, 2.75) is 41.7 Å². The van der Waals surface area contributed by atoms with Crippen LogP contribution in [0.1, 0.15) is 25.7 Å². The third-order valence-corrected chi connectivity index (χ3v) is 7.87. The second-order valence-electron chi connectivity index (χ2n) is 7.64. The van der Waals surface area contributed by atoms with Crippen LogP contribution < -0.4 is 5.32 Å². The SMILES string of the molecule is CNC(=O)C1CCC2CN1C(=O)N2OS(=O)O.CS(=O)N1CC2(CC(I)C2)C1. The van der Waals surface area contributed by atoms with Gasteiger partial charge >= 0.3 is 17.4 Å². The first-order valence-corrected chi connectivity index (χ1v) is 12.8. The van der Waals surface area contributed by atoms with Crippen molar-refractivity contribution in [1.29, 1.82) is 0 Å². The Hall–Kier alpha value is -0.350. The minimum Gasteiger partial charge on any atom is -0.357 e. The van der Waals surface area contributed by atoms with Crippen LogP contribution >= 0.6 is 22.6 Å². The zero-order chi connectivity index (χ0) is 20.6. The van der Waals surface area contributed by atoms with Gasteiger partial charge in [-0.1, -0.05) is 22.6 Å². The summed E-state index contributed by atoms with van der Waals surface area (Å²) in [6.45, 7) is 2.50. The number of carbonyl (C=O) groups excluding carboxylic acids is 2. The van der Waals surface area contributed by atoms with Crippen LogP contribution in [0.2, 0.25) is 0 Å². The summed E-state index contributed by atoms with van der Waals surface area (Å²) in [5.74, 6) is -0.233. The van der Waals surface area contributed by atoms with Gasteiger partial charge in [0.2, 0.25) is 5.91 Å². The third-order valence-electron chi connectivity index (χ3n) is 5.71. The molecule has 1 saturated carbocycles. The number of fused-ring (bicyclic) bond motifs is 2. The molecular weight excluding hydrogens is 523 g/mol. The van der Waals surface area contributed by atoms with Crippen molar-refractivity contribution in [1.82, 2.24) is 19.6 Å². The van der Waals surface area contributed by atoms with Crippen molar-refractivity contribution in [2.24, 2.45) is 5.41 Å². The maximum atomic E-state index is 11.9. The number of likely N-dealkylation sites (N-methyl/N-ethyl adjacent to an activating group) is 1. The van der Waals surface area contributed by atoms with Crippen LogP contribution in [0.4, 0.5) is 4.79 Å². The number of alkyl halides is 1. The van der Waals surface area contributed by atoms with E-state index in [9.17, 15) is 18.0 Å². The normalized spacial score (nSPS) is 30.8. The van der Waals surface area contributed by atoms with Crippen LogP contribution in [0, 0.1) is 5.41 Å². The van der Waals surface area contributed by atoms with Gasteiger partial charge in [-0.25, -0.2) is 13.3 Å². The summed E-state index contributed by atoms with van der Waals surface area (Å²) in [7, 11) is 0.788. The number of carbonyl (C=O) groups is 2. The van der Waals surface area contributed by atoms with Gasteiger partial charge in [-0.05, 0) is 31.1 Å². The first-order valence-electron chi connectivity index (χ1n) is 8.99. The van der Waals surface area contributed by atoms with Gasteiger partial charge in [0, 0.05) is 36.9 Å². The summed E-state index contributed by atoms with van der Waals surface area (Å²) >= 11 is -0.0257. The molecule has 3 saturated heterocycles. The smallest absolute Gasteiger partial charge is 0.346 e. The van der Waals surface area contributed by atoms with E-state index in [1.54, 1.807) is 6.26 Å². The molecule has 3 heterocycles. The molecule has 1 spiro atoms. The molecule has 4 rings (SSSR count). The topological polar surface area (TPSA) is 119 Å². The Morgan fingerprint density at radius 1 is 1.32 bits per heavy atom. The van der Waals surface area contributed by atoms with Crippen LogP contribution in [0.3, 0.4) is 0 Å². The first kappa shape index (κ1) is 22.3. The largest absolute Gasteiger partial charge is 0.357 e. The minimum absolute atomic E-state index is 0.233. The first-order chi connectivity index (χ1) is 13.2. The molecule has 4 aliphatic rings. The maximum absolute atomic E-state index is 11.9. The van der Waals surface area contributed by atoms with Gasteiger partial charge < -0.3 is 10.2 Å². The highest BCUT2D eigenvalue weighted by Gasteiger charge is 2.52. The second kappa shape index (κ2) is 8.79. The molecule has 3 aliphatic heterocycles. The number of urea groups is 1. The Morgan fingerprint density at radius 3 is 2.46 bits per heavy atom. The van der Waals surface area contributed by atoms with E-state index >= 15 is 0 Å². The average Bonchev–Trinajstić information content (AvgIpc) is 2.81. The lowest BCUT2D eigenvalue weighted by Crippen LogP contribution is -2.62. The molecule has 3 amide bonds. The molecule has 0 aromatic rings. The number of amides is 3. The van der Waals surface area contributed by atoms with Crippen LogP contribution in [0.5, 0.6) is 0 Å². The molecule has 160 valence electrons. The highest BCUT2D eigenvalue weighted by Crippen LogP contribution is 2.51. The van der Waals surface area contributed by atoms with E-state index in [0.717, 1.165) is 22.1 Å². The highest BCUT2D eigenvalue weighted by molar-refractivity contribution is 14.1. The fourth-order valence-corrected chi connectivity index (χ4v) is 7.36. The molecule has 13 heteroatoms. The number of rotatable bonds is 4. The van der Waals surface area contributed by atoms with Crippen molar-refractivity contribution in [2.75, 3.05) is 32.9 Å². The molecular formula is C15H25IN4O6S2. The summed E-state index contributed by atoms with van der Waals surface area (Å²) in [5.41, 5.74) is 0.595. The Morgan fingerprint density at radius 2 is 1.96 bits per heavy atom. The van der Waals surface area contributed by atoms with Crippen LogP contribution in [0.25, 0.3) is 0 Å². The minimum atomic E-state index is -2.53. The molecule has 10 nitrogen and oxygen atoms in total. The monoisotopic (exact) mass is 548 g/mol. The molecule has 0 aromatic heterocycles. The van der Waals surface area contributed by atoms with Crippen molar-refractivity contribution in [3.63, 3.8) is 0 Å². The molecule has 4 atom stereocenters. The Labute approximate surface area is 182 Å². The summed E-state index contributed by atoms with van der Waals surface area (Å²) in [6, 6.07) is -1.33. The highest BCUT2D eigenvalue weighted by atomic mass is 127. The summed E-state index contributed by atoms with van der Waals surface area (Å²) in [4.78, 5) is 24.8. The van der Waals surface area contributed by atoms with Crippen molar-refractivity contribution in [3.05, 3.63) is 0 Å². The summed E-state index contributed by atoms with van der Waals surface area (Å²) in [6.07, 6.45) is 5.56. The van der Waals surface area contributed by atoms with Crippen LogP contribution in [0.15, 0.2) is 0 Å². The van der Waals surface area contributed by atoms with Crippen molar-refractivity contribution < 1.29 is 26.8 Å². The van der Waals surface area contributed by atoms with Crippen LogP contribution in [-0.2, 0) is 31.4 Å². The lowest BCUT2D eigenvalue weighted by atomic mass is 9.65. The number of hydrogen-bond donors (Lipinski definition) is 2. The summed E-state index contributed by atoms with van der Waals surface area (Å²) < 4.78 is 37.6. The molecule has 0 aromatic carbocycles. The van der Waals surface area contributed by atoms with Crippen molar-refractivity contribution >= 4 is 56.9 Å². The quantitative estimate of drug-likeness (QED) is 0.296. The number of piperidine rings is 1. The Kier molecular flexibility index (Phi) is 7.02. The van der Waals surface area contributed by atoms with Gasteiger partial charge in [-0.15, -0.1) is 4.28 Å². The lowest BCUT2D eigenvalue weighted by molar-refractivity contribution is -0.125. The fourth-order valence-electron chi connectivity index (χ4n) is 4.26. The number of nitrogens with zero attached hydrogens (tertiary/aromatic N) is 3. The van der Waals surface area contributed by atoms with E-state index in [4.69, 9.17) is 4.55 Å². The molecule has 2 bridgehead atoms. The van der Waals surface area contributed by atoms with E-state index in [1.807, 2.05) is 0 Å². The standard InChI is InChI=1S/C8H13N3O5S.C7H12INOS/c1-9-7(12)6-3-2-5-4-10(6)8(13)11(5)16-17(14)15;1-11(10)9-4-7(5-9)2-6(8)3-7/h5-6H,2-4H2,1H3,(H,9,12)(H,14,15);6H,2-5H2,1H3. The van der Waals surface area contributed by atoms with Gasteiger partial charge in [0.1, 0.15) is 6.04 Å². The van der Waals surface area contributed by atoms with Gasteiger partial charge in [0.05, 0.1) is 17.0 Å². The predicted molar refractivity (Wildman–Crippen MR) is 112 cm³/mol. The van der Waals surface area contributed by atoms with E-state index in [2.05, 4.69) is 36.5 Å². The average molecular weight is 548 g/mol. The number of hydrogen-bond acceptors (Lipinski definition) is 5. The second-order valence-corrected chi connectivity index (χ2v) is 11.3. The Bertz CT molecular complexity index is 683. The number of halogens is 1. The van der Waals surface area contributed by atoms with Gasteiger partial charge in [0.25, 0.3) is 0 Å². The van der Waals surface area contributed by atoms with Gasteiger partial charge in [-0.2, -0.15) is 9.27 Å². The van der Waals surface area contributed by atoms with Crippen LogP contribution in [-0.4, -0.2) is 88.1 Å². The Balaban J connectivity index is 0.000000176. The van der Waals surface area contributed by atoms with E-state index in [0.29, 0.717) is 24.8 Å². The number of hydroxylamine groups is 2. The third kappa shape index (κ3) is 4.53. The lowest BCUT2D eigenvalue weighted by Gasteiger charge is -2.56. The van der Waals surface area contributed by atoms with E-state index in [-0.39, 0.29) is 11.9 Å². The molecule has 4 unspecified atom stereocenters. The number of nitrogens with one attached hydrogen (secondary N) is 1. The fraction of sp³-hybridized carbons (Fsp3) is 0.867. The van der Waals surface area contributed by atoms with E-state index < -0.39 is 34.4 Å². The van der Waals surface area contributed by atoms with E-state index in [1.165, 1.54) is 24.8 Å². The molecule has 4 fully saturated rings. The zero-order valence-corrected chi connectivity index (χ0v) is 19.5. The molecule has 28 heavy (non-hydrogen) atoms. The molecule has 0 radical (unpaired) electrons. The molecule has 1 aliphatic carbocycles. The van der Waals surface area contributed by atoms with Gasteiger partial charge in [0.15, 0.2) is 0 Å². The van der Waals surface area contributed by atoms with Gasteiger partial charge in [-0.3, -0.25) is 9.35 Å². The maximum Gasteiger partial charge on any atom is 0.346 e.